The molecule has 0 amide bonds. The number of hydrogen-bond acceptors (Lipinski definition) is 3. The lowest BCUT2D eigenvalue weighted by molar-refractivity contribution is -0.141. The Labute approximate surface area is 115 Å². The van der Waals surface area contributed by atoms with Gasteiger partial charge in [0.25, 0.3) is 10.2 Å². The van der Waals surface area contributed by atoms with E-state index in [4.69, 9.17) is 5.11 Å². The van der Waals surface area contributed by atoms with E-state index >= 15 is 0 Å². The van der Waals surface area contributed by atoms with E-state index in [9.17, 15) is 13.2 Å². The highest BCUT2D eigenvalue weighted by atomic mass is 32.2. The van der Waals surface area contributed by atoms with Gasteiger partial charge in [0.05, 0.1) is 5.92 Å². The third kappa shape index (κ3) is 4.74. The van der Waals surface area contributed by atoms with Gasteiger partial charge in [0, 0.05) is 19.1 Å². The molecule has 0 aliphatic carbocycles. The number of nitrogens with one attached hydrogen (secondary N) is 1. The van der Waals surface area contributed by atoms with Gasteiger partial charge < -0.3 is 5.11 Å². The first-order chi connectivity index (χ1) is 8.88. The monoisotopic (exact) mass is 292 g/mol. The van der Waals surface area contributed by atoms with Crippen LogP contribution in [0.4, 0.5) is 0 Å². The van der Waals surface area contributed by atoms with Gasteiger partial charge >= 0.3 is 5.97 Å². The van der Waals surface area contributed by atoms with Crippen LogP contribution in [0.2, 0.25) is 0 Å². The summed E-state index contributed by atoms with van der Waals surface area (Å²) in [6, 6.07) is -0.0132. The minimum absolute atomic E-state index is 0.0132. The number of nitrogens with zero attached hydrogens (tertiary/aromatic N) is 1. The summed E-state index contributed by atoms with van der Waals surface area (Å²) in [6.07, 6.45) is 3.97. The Bertz CT molecular complexity index is 397. The molecule has 0 aromatic rings. The van der Waals surface area contributed by atoms with Crippen LogP contribution in [0.1, 0.15) is 46.0 Å². The first-order valence-electron chi connectivity index (χ1n) is 6.87. The van der Waals surface area contributed by atoms with Crippen LogP contribution >= 0.6 is 0 Å². The first kappa shape index (κ1) is 16.4. The number of aliphatic carboxylic acids is 1. The standard InChI is InChI=1S/C12H24N2O4S/c1-3-6-11(12(15)16)9-13-19(17,18)14-8-5-4-7-10(14)2/h10-11,13H,3-9H2,1-2H3,(H,15,16). The third-order valence-corrected chi connectivity index (χ3v) is 5.24. The maximum atomic E-state index is 12.1. The van der Waals surface area contributed by atoms with Crippen molar-refractivity contribution in [3.05, 3.63) is 0 Å². The van der Waals surface area contributed by atoms with E-state index in [1.54, 1.807) is 0 Å². The summed E-state index contributed by atoms with van der Waals surface area (Å²) in [5.41, 5.74) is 0. The van der Waals surface area contributed by atoms with Gasteiger partial charge in [-0.2, -0.15) is 12.7 Å². The zero-order valence-electron chi connectivity index (χ0n) is 11.6. The molecule has 0 bridgehead atoms. The Morgan fingerprint density at radius 3 is 2.68 bits per heavy atom. The topological polar surface area (TPSA) is 86.7 Å². The van der Waals surface area contributed by atoms with E-state index in [2.05, 4.69) is 4.72 Å². The van der Waals surface area contributed by atoms with Gasteiger partial charge in [0.1, 0.15) is 0 Å². The molecule has 1 heterocycles. The maximum Gasteiger partial charge on any atom is 0.307 e. The molecular formula is C12H24N2O4S. The molecule has 1 aliphatic heterocycles. The van der Waals surface area contributed by atoms with Gasteiger partial charge in [-0.05, 0) is 26.2 Å². The fraction of sp³-hybridized carbons (Fsp3) is 0.917. The zero-order valence-corrected chi connectivity index (χ0v) is 12.4. The Hall–Kier alpha value is -0.660. The lowest BCUT2D eigenvalue weighted by Gasteiger charge is -2.32. The highest BCUT2D eigenvalue weighted by Gasteiger charge is 2.30. The Balaban J connectivity index is 2.60. The normalized spacial score (nSPS) is 23.2. The van der Waals surface area contributed by atoms with E-state index in [0.717, 1.165) is 25.7 Å². The Kier molecular flexibility index (Phi) is 6.22. The molecule has 0 radical (unpaired) electrons. The number of rotatable bonds is 7. The van der Waals surface area contributed by atoms with Crippen LogP contribution in [0, 0.1) is 5.92 Å². The molecule has 2 unspecified atom stereocenters. The summed E-state index contributed by atoms with van der Waals surface area (Å²) in [4.78, 5) is 11.0. The molecule has 1 rings (SSSR count). The molecule has 19 heavy (non-hydrogen) atoms. The van der Waals surface area contributed by atoms with Gasteiger partial charge in [-0.15, -0.1) is 0 Å². The van der Waals surface area contributed by atoms with Crippen molar-refractivity contribution in [2.75, 3.05) is 13.1 Å². The predicted octanol–water partition coefficient (Wildman–Crippen LogP) is 1.20. The average Bonchev–Trinajstić information content (AvgIpc) is 2.34. The van der Waals surface area contributed by atoms with Gasteiger partial charge in [0.2, 0.25) is 0 Å². The first-order valence-corrected chi connectivity index (χ1v) is 8.31. The largest absolute Gasteiger partial charge is 0.481 e. The lowest BCUT2D eigenvalue weighted by atomic mass is 10.1. The van der Waals surface area contributed by atoms with Crippen LogP contribution < -0.4 is 4.72 Å². The quantitative estimate of drug-likeness (QED) is 0.738. The molecule has 1 aliphatic rings. The van der Waals surface area contributed by atoms with Crippen molar-refractivity contribution < 1.29 is 18.3 Å². The minimum atomic E-state index is -3.56. The van der Waals surface area contributed by atoms with Crippen LogP contribution in [0.3, 0.4) is 0 Å². The van der Waals surface area contributed by atoms with Crippen LogP contribution in [-0.4, -0.2) is 42.9 Å². The molecule has 0 aromatic carbocycles. The molecule has 2 atom stereocenters. The van der Waals surface area contributed by atoms with Crippen molar-refractivity contribution >= 4 is 16.2 Å². The van der Waals surface area contributed by atoms with Crippen molar-refractivity contribution in [2.45, 2.75) is 52.0 Å². The second-order valence-corrected chi connectivity index (χ2v) is 6.84. The molecule has 0 aromatic heterocycles. The van der Waals surface area contributed by atoms with Gasteiger partial charge in [0.15, 0.2) is 0 Å². The summed E-state index contributed by atoms with van der Waals surface area (Å²) in [6.45, 7) is 4.26. The molecule has 112 valence electrons. The third-order valence-electron chi connectivity index (χ3n) is 3.55. The summed E-state index contributed by atoms with van der Waals surface area (Å²) in [7, 11) is -3.56. The molecular weight excluding hydrogens is 268 g/mol. The van der Waals surface area contributed by atoms with Crippen molar-refractivity contribution in [1.29, 1.82) is 0 Å². The Morgan fingerprint density at radius 1 is 1.47 bits per heavy atom. The molecule has 0 saturated carbocycles. The number of hydrogen-bond donors (Lipinski definition) is 2. The lowest BCUT2D eigenvalue weighted by Crippen LogP contribution is -2.49. The van der Waals surface area contributed by atoms with Gasteiger partial charge in [-0.25, -0.2) is 4.72 Å². The number of carboxylic acids is 1. The molecule has 7 heteroatoms. The SMILES string of the molecule is CCCC(CNS(=O)(=O)N1CCCCC1C)C(=O)O. The summed E-state index contributed by atoms with van der Waals surface area (Å²) < 4.78 is 28.2. The van der Waals surface area contributed by atoms with Crippen LogP contribution in [0.15, 0.2) is 0 Å². The number of carboxylic acid groups (broad SMARTS) is 1. The molecule has 1 saturated heterocycles. The summed E-state index contributed by atoms with van der Waals surface area (Å²) in [5, 5.41) is 9.02. The highest BCUT2D eigenvalue weighted by Crippen LogP contribution is 2.19. The van der Waals surface area contributed by atoms with Crippen LogP contribution in [0.25, 0.3) is 0 Å². The highest BCUT2D eigenvalue weighted by molar-refractivity contribution is 7.87. The van der Waals surface area contributed by atoms with E-state index < -0.39 is 22.1 Å². The molecule has 6 nitrogen and oxygen atoms in total. The van der Waals surface area contributed by atoms with Crippen molar-refractivity contribution in [2.24, 2.45) is 5.92 Å². The summed E-state index contributed by atoms with van der Waals surface area (Å²) in [5.74, 6) is -1.60. The van der Waals surface area contributed by atoms with Crippen LogP contribution in [-0.2, 0) is 15.0 Å². The van der Waals surface area contributed by atoms with E-state index in [-0.39, 0.29) is 12.6 Å². The minimum Gasteiger partial charge on any atom is -0.481 e. The summed E-state index contributed by atoms with van der Waals surface area (Å²) >= 11 is 0. The van der Waals surface area contributed by atoms with E-state index in [1.807, 2.05) is 13.8 Å². The zero-order chi connectivity index (χ0) is 14.5. The van der Waals surface area contributed by atoms with Crippen molar-refractivity contribution in [1.82, 2.24) is 9.03 Å². The number of carbonyl (C=O) groups is 1. The van der Waals surface area contributed by atoms with E-state index in [1.165, 1.54) is 4.31 Å². The smallest absolute Gasteiger partial charge is 0.307 e. The second-order valence-electron chi connectivity index (χ2n) is 5.13. The predicted molar refractivity (Wildman–Crippen MR) is 73.0 cm³/mol. The molecule has 1 fully saturated rings. The maximum absolute atomic E-state index is 12.1. The van der Waals surface area contributed by atoms with Gasteiger partial charge in [-0.1, -0.05) is 19.8 Å². The fourth-order valence-corrected chi connectivity index (χ4v) is 3.91. The second kappa shape index (κ2) is 7.21. The molecule has 2 N–H and O–H groups in total. The fourth-order valence-electron chi connectivity index (χ4n) is 2.38. The van der Waals surface area contributed by atoms with Crippen LogP contribution in [0.5, 0.6) is 0 Å². The Morgan fingerprint density at radius 2 is 2.16 bits per heavy atom. The average molecular weight is 292 g/mol. The number of piperidine rings is 1. The van der Waals surface area contributed by atoms with E-state index in [0.29, 0.717) is 13.0 Å². The van der Waals surface area contributed by atoms with Crippen molar-refractivity contribution in [3.63, 3.8) is 0 Å². The van der Waals surface area contributed by atoms with Crippen molar-refractivity contribution in [3.8, 4) is 0 Å². The van der Waals surface area contributed by atoms with Gasteiger partial charge in [-0.3, -0.25) is 4.79 Å². The molecule has 0 spiro atoms.